The molecule has 1 unspecified atom stereocenters. The number of thioether (sulfide) groups is 1. The number of urea groups is 1. The van der Waals surface area contributed by atoms with Crippen LogP contribution in [0.1, 0.15) is 19.3 Å². The maximum atomic E-state index is 12.0. The summed E-state index contributed by atoms with van der Waals surface area (Å²) in [5.41, 5.74) is 5.25. The second-order valence-corrected chi connectivity index (χ2v) is 5.79. The van der Waals surface area contributed by atoms with E-state index in [-0.39, 0.29) is 12.5 Å². The highest BCUT2D eigenvalue weighted by Gasteiger charge is 2.29. The molecule has 0 aromatic rings. The molecular formula is C12H21N3O4S. The third-order valence-corrected chi connectivity index (χ3v) is 3.96. The van der Waals surface area contributed by atoms with Crippen molar-refractivity contribution in [1.29, 1.82) is 0 Å². The number of carboxylic acids is 1. The number of carbonyl (C=O) groups is 3. The molecule has 1 aliphatic rings. The van der Waals surface area contributed by atoms with Crippen molar-refractivity contribution in [2.75, 3.05) is 25.1 Å². The SMILES string of the molecule is CSCC[C@H](NC(=O)N1CCCC(C(N)=O)C1)C(=O)O. The maximum absolute atomic E-state index is 12.0. The van der Waals surface area contributed by atoms with Gasteiger partial charge in [-0.2, -0.15) is 11.8 Å². The number of hydrogen-bond acceptors (Lipinski definition) is 4. The molecule has 0 saturated carbocycles. The molecule has 0 aromatic carbocycles. The number of carboxylic acid groups (broad SMARTS) is 1. The smallest absolute Gasteiger partial charge is 0.326 e. The van der Waals surface area contributed by atoms with E-state index in [9.17, 15) is 14.4 Å². The van der Waals surface area contributed by atoms with Crippen LogP contribution in [0.25, 0.3) is 0 Å². The first-order valence-electron chi connectivity index (χ1n) is 6.52. The molecular weight excluding hydrogens is 282 g/mol. The fraction of sp³-hybridized carbons (Fsp3) is 0.750. The Morgan fingerprint density at radius 1 is 1.50 bits per heavy atom. The molecule has 7 nitrogen and oxygen atoms in total. The standard InChI is InChI=1S/C12H21N3O4S/c1-20-6-4-9(11(17)18)14-12(19)15-5-2-3-8(7-15)10(13)16/h8-9H,2-7H2,1H3,(H2,13,16)(H,14,19)(H,17,18)/t8?,9-/m0/s1. The summed E-state index contributed by atoms with van der Waals surface area (Å²) in [6.07, 6.45) is 3.62. The lowest BCUT2D eigenvalue weighted by Crippen LogP contribution is -2.52. The van der Waals surface area contributed by atoms with Crippen LogP contribution in [-0.2, 0) is 9.59 Å². The minimum Gasteiger partial charge on any atom is -0.480 e. The highest BCUT2D eigenvalue weighted by atomic mass is 32.2. The molecule has 0 aromatic heterocycles. The van der Waals surface area contributed by atoms with Crippen molar-refractivity contribution in [1.82, 2.24) is 10.2 Å². The van der Waals surface area contributed by atoms with E-state index in [1.54, 1.807) is 0 Å². The summed E-state index contributed by atoms with van der Waals surface area (Å²) in [6.45, 7) is 0.778. The summed E-state index contributed by atoms with van der Waals surface area (Å²) in [7, 11) is 0. The van der Waals surface area contributed by atoms with Gasteiger partial charge in [0.25, 0.3) is 0 Å². The first-order valence-corrected chi connectivity index (χ1v) is 7.91. The number of nitrogens with two attached hydrogens (primary N) is 1. The molecule has 114 valence electrons. The number of likely N-dealkylation sites (tertiary alicyclic amines) is 1. The van der Waals surface area contributed by atoms with Crippen LogP contribution in [0, 0.1) is 5.92 Å². The van der Waals surface area contributed by atoms with Gasteiger partial charge in [-0.25, -0.2) is 9.59 Å². The Hall–Kier alpha value is -1.44. The molecule has 2 atom stereocenters. The second kappa shape index (κ2) is 7.98. The zero-order valence-corrected chi connectivity index (χ0v) is 12.3. The van der Waals surface area contributed by atoms with E-state index in [1.807, 2.05) is 6.26 Å². The summed E-state index contributed by atoms with van der Waals surface area (Å²) in [5.74, 6) is -1.15. The van der Waals surface area contributed by atoms with Crippen molar-refractivity contribution >= 4 is 29.7 Å². The Kier molecular flexibility index (Phi) is 6.63. The number of aliphatic carboxylic acids is 1. The summed E-state index contributed by atoms with van der Waals surface area (Å²) in [5, 5.41) is 11.6. The number of amides is 3. The molecule has 1 rings (SSSR count). The third-order valence-electron chi connectivity index (χ3n) is 3.32. The fourth-order valence-electron chi connectivity index (χ4n) is 2.13. The fourth-order valence-corrected chi connectivity index (χ4v) is 2.60. The molecule has 0 spiro atoms. The second-order valence-electron chi connectivity index (χ2n) is 4.81. The van der Waals surface area contributed by atoms with Crippen LogP contribution in [0.2, 0.25) is 0 Å². The number of rotatable bonds is 6. The maximum Gasteiger partial charge on any atom is 0.326 e. The predicted molar refractivity (Wildman–Crippen MR) is 76.4 cm³/mol. The zero-order valence-electron chi connectivity index (χ0n) is 11.5. The Morgan fingerprint density at radius 2 is 2.20 bits per heavy atom. The van der Waals surface area contributed by atoms with E-state index in [4.69, 9.17) is 10.8 Å². The van der Waals surface area contributed by atoms with Gasteiger partial charge in [-0.05, 0) is 31.3 Å². The molecule has 0 aliphatic carbocycles. The van der Waals surface area contributed by atoms with Crippen molar-refractivity contribution < 1.29 is 19.5 Å². The molecule has 1 heterocycles. The Morgan fingerprint density at radius 3 is 2.75 bits per heavy atom. The van der Waals surface area contributed by atoms with E-state index in [1.165, 1.54) is 16.7 Å². The van der Waals surface area contributed by atoms with Gasteiger partial charge in [0.05, 0.1) is 5.92 Å². The molecule has 8 heteroatoms. The molecule has 1 saturated heterocycles. The van der Waals surface area contributed by atoms with Crippen molar-refractivity contribution in [2.45, 2.75) is 25.3 Å². The van der Waals surface area contributed by atoms with Gasteiger partial charge in [0.15, 0.2) is 0 Å². The van der Waals surface area contributed by atoms with Crippen LogP contribution in [0.15, 0.2) is 0 Å². The minimum absolute atomic E-state index is 0.260. The van der Waals surface area contributed by atoms with Crippen molar-refractivity contribution in [2.24, 2.45) is 11.7 Å². The highest BCUT2D eigenvalue weighted by Crippen LogP contribution is 2.16. The number of nitrogens with zero attached hydrogens (tertiary/aromatic N) is 1. The number of nitrogens with one attached hydrogen (secondary N) is 1. The minimum atomic E-state index is -1.05. The van der Waals surface area contributed by atoms with Crippen LogP contribution in [-0.4, -0.2) is 59.1 Å². The Labute approximate surface area is 122 Å². The monoisotopic (exact) mass is 303 g/mol. The molecule has 0 radical (unpaired) electrons. The molecule has 20 heavy (non-hydrogen) atoms. The van der Waals surface area contributed by atoms with Crippen LogP contribution in [0.3, 0.4) is 0 Å². The quantitative estimate of drug-likeness (QED) is 0.644. The van der Waals surface area contributed by atoms with Crippen LogP contribution < -0.4 is 11.1 Å². The van der Waals surface area contributed by atoms with Gasteiger partial charge in [-0.1, -0.05) is 0 Å². The molecule has 4 N–H and O–H groups in total. The average molecular weight is 303 g/mol. The van der Waals surface area contributed by atoms with Gasteiger partial charge in [0, 0.05) is 13.1 Å². The molecule has 1 fully saturated rings. The Bertz CT molecular complexity index is 378. The topological polar surface area (TPSA) is 113 Å². The van der Waals surface area contributed by atoms with Crippen molar-refractivity contribution in [3.8, 4) is 0 Å². The normalized spacial score (nSPS) is 20.2. The van der Waals surface area contributed by atoms with Crippen LogP contribution in [0.5, 0.6) is 0 Å². The van der Waals surface area contributed by atoms with Gasteiger partial charge < -0.3 is 21.1 Å². The summed E-state index contributed by atoms with van der Waals surface area (Å²) >= 11 is 1.52. The van der Waals surface area contributed by atoms with E-state index in [2.05, 4.69) is 5.32 Å². The van der Waals surface area contributed by atoms with E-state index < -0.39 is 23.9 Å². The third kappa shape index (κ3) is 4.92. The van der Waals surface area contributed by atoms with Crippen LogP contribution >= 0.6 is 11.8 Å². The molecule has 1 aliphatic heterocycles. The summed E-state index contributed by atoms with van der Waals surface area (Å²) in [4.78, 5) is 35.7. The van der Waals surface area contributed by atoms with Gasteiger partial charge >= 0.3 is 12.0 Å². The van der Waals surface area contributed by atoms with E-state index >= 15 is 0 Å². The van der Waals surface area contributed by atoms with Crippen LogP contribution in [0.4, 0.5) is 4.79 Å². The first kappa shape index (κ1) is 16.6. The lowest BCUT2D eigenvalue weighted by atomic mass is 9.98. The average Bonchev–Trinajstić information content (AvgIpc) is 2.42. The zero-order chi connectivity index (χ0) is 15.1. The van der Waals surface area contributed by atoms with Crippen molar-refractivity contribution in [3.63, 3.8) is 0 Å². The number of piperidine rings is 1. The van der Waals surface area contributed by atoms with Gasteiger partial charge in [-0.15, -0.1) is 0 Å². The molecule has 0 bridgehead atoms. The van der Waals surface area contributed by atoms with Gasteiger partial charge in [0.2, 0.25) is 5.91 Å². The largest absolute Gasteiger partial charge is 0.480 e. The summed E-state index contributed by atoms with van der Waals surface area (Å²) < 4.78 is 0. The van der Waals surface area contributed by atoms with E-state index in [0.717, 1.165) is 0 Å². The van der Waals surface area contributed by atoms with Gasteiger partial charge in [-0.3, -0.25) is 4.79 Å². The summed E-state index contributed by atoms with van der Waals surface area (Å²) in [6, 6.07) is -1.34. The first-order chi connectivity index (χ1) is 9.45. The lowest BCUT2D eigenvalue weighted by molar-refractivity contribution is -0.139. The van der Waals surface area contributed by atoms with Crippen molar-refractivity contribution in [3.05, 3.63) is 0 Å². The van der Waals surface area contributed by atoms with E-state index in [0.29, 0.717) is 31.6 Å². The Balaban J connectivity index is 2.55. The molecule has 3 amide bonds. The van der Waals surface area contributed by atoms with Gasteiger partial charge in [0.1, 0.15) is 6.04 Å². The number of hydrogen-bond donors (Lipinski definition) is 3. The highest BCUT2D eigenvalue weighted by molar-refractivity contribution is 7.98. The predicted octanol–water partition coefficient (Wildman–Crippen LogP) is 0.0996. The number of primary amides is 1. The number of carbonyl (C=O) groups excluding carboxylic acids is 2. The lowest BCUT2D eigenvalue weighted by Gasteiger charge is -2.32.